The lowest BCUT2D eigenvalue weighted by molar-refractivity contribution is -0.143. The molecule has 0 spiro atoms. The first kappa shape index (κ1) is 8.99. The number of ether oxygens (including phenoxy) is 1. The molecule has 0 saturated heterocycles. The second kappa shape index (κ2) is 4.83. The Balaban J connectivity index is 3.47. The average Bonchev–Trinajstić information content (AvgIpc) is 1.88. The molecule has 0 rings (SSSR count). The quantitative estimate of drug-likeness (QED) is 0.431. The Morgan fingerprint density at radius 3 is 2.80 bits per heavy atom. The van der Waals surface area contributed by atoms with E-state index in [4.69, 9.17) is 5.73 Å². The fourth-order valence-corrected chi connectivity index (χ4v) is 0.311. The highest BCUT2D eigenvalue weighted by atomic mass is 16.5. The lowest BCUT2D eigenvalue weighted by atomic mass is 10.4. The molecule has 0 aliphatic rings. The summed E-state index contributed by atoms with van der Waals surface area (Å²) in [5.74, 6) is 4.77. The van der Waals surface area contributed by atoms with Crippen molar-refractivity contribution in [3.8, 4) is 11.8 Å². The van der Waals surface area contributed by atoms with Gasteiger partial charge in [0, 0.05) is 0 Å². The van der Waals surface area contributed by atoms with Crippen molar-refractivity contribution < 1.29 is 9.53 Å². The molecule has 0 aromatic rings. The summed E-state index contributed by atoms with van der Waals surface area (Å²) in [7, 11) is 0. The zero-order valence-corrected chi connectivity index (χ0v) is 6.18. The van der Waals surface area contributed by atoms with Gasteiger partial charge in [-0.3, -0.25) is 4.79 Å². The summed E-state index contributed by atoms with van der Waals surface area (Å²) < 4.78 is 4.61. The van der Waals surface area contributed by atoms with Gasteiger partial charge in [0.15, 0.2) is 6.61 Å². The lowest BCUT2D eigenvalue weighted by Crippen LogP contribution is -2.28. The number of esters is 1. The van der Waals surface area contributed by atoms with Gasteiger partial charge < -0.3 is 10.5 Å². The molecule has 0 heterocycles. The Hall–Kier alpha value is -1.01. The van der Waals surface area contributed by atoms with Crippen LogP contribution >= 0.6 is 0 Å². The summed E-state index contributed by atoms with van der Waals surface area (Å²) in [4.78, 5) is 10.6. The Morgan fingerprint density at radius 1 is 1.80 bits per heavy atom. The number of hydrogen-bond acceptors (Lipinski definition) is 3. The van der Waals surface area contributed by atoms with Gasteiger partial charge in [0.1, 0.15) is 6.04 Å². The van der Waals surface area contributed by atoms with Crippen LogP contribution in [0.25, 0.3) is 0 Å². The maximum absolute atomic E-state index is 10.6. The van der Waals surface area contributed by atoms with Crippen molar-refractivity contribution in [2.45, 2.75) is 19.9 Å². The fraction of sp³-hybridized carbons (Fsp3) is 0.571. The molecule has 0 radical (unpaired) electrons. The Labute approximate surface area is 60.5 Å². The van der Waals surface area contributed by atoms with Gasteiger partial charge in [0.25, 0.3) is 0 Å². The van der Waals surface area contributed by atoms with Gasteiger partial charge in [-0.1, -0.05) is 5.92 Å². The third-order valence-corrected chi connectivity index (χ3v) is 0.835. The fourth-order valence-electron chi connectivity index (χ4n) is 0.311. The zero-order chi connectivity index (χ0) is 7.98. The summed E-state index contributed by atoms with van der Waals surface area (Å²) in [6.45, 7) is 3.39. The van der Waals surface area contributed by atoms with E-state index in [0.717, 1.165) is 0 Å². The molecule has 10 heavy (non-hydrogen) atoms. The molecule has 0 bridgehead atoms. The van der Waals surface area contributed by atoms with E-state index in [1.54, 1.807) is 13.8 Å². The summed E-state index contributed by atoms with van der Waals surface area (Å²) in [6, 6.07) is -0.557. The molecule has 0 aromatic heterocycles. The van der Waals surface area contributed by atoms with Gasteiger partial charge in [0.05, 0.1) is 0 Å². The summed E-state index contributed by atoms with van der Waals surface area (Å²) in [6.07, 6.45) is 0. The Kier molecular flexibility index (Phi) is 4.34. The predicted molar refractivity (Wildman–Crippen MR) is 38.1 cm³/mol. The van der Waals surface area contributed by atoms with Crippen LogP contribution in [0.5, 0.6) is 0 Å². The number of hydrogen-bond donors (Lipinski definition) is 1. The van der Waals surface area contributed by atoms with Crippen LogP contribution in [0.1, 0.15) is 13.8 Å². The monoisotopic (exact) mass is 141 g/mol. The van der Waals surface area contributed by atoms with Crippen molar-refractivity contribution >= 4 is 5.97 Å². The van der Waals surface area contributed by atoms with Crippen LogP contribution in [-0.2, 0) is 9.53 Å². The van der Waals surface area contributed by atoms with Gasteiger partial charge in [-0.15, -0.1) is 5.92 Å². The van der Waals surface area contributed by atoms with Crippen molar-refractivity contribution in [1.29, 1.82) is 0 Å². The van der Waals surface area contributed by atoms with Crippen LogP contribution < -0.4 is 5.73 Å². The Morgan fingerprint density at radius 2 is 2.40 bits per heavy atom. The molecule has 3 heteroatoms. The van der Waals surface area contributed by atoms with Gasteiger partial charge in [0.2, 0.25) is 0 Å². The molecular formula is C7H11NO2. The highest BCUT2D eigenvalue weighted by Gasteiger charge is 2.06. The van der Waals surface area contributed by atoms with E-state index in [9.17, 15) is 4.79 Å². The molecule has 0 fully saturated rings. The molecule has 2 N–H and O–H groups in total. The van der Waals surface area contributed by atoms with E-state index in [2.05, 4.69) is 16.6 Å². The van der Waals surface area contributed by atoms with Crippen molar-refractivity contribution in [1.82, 2.24) is 0 Å². The van der Waals surface area contributed by atoms with Crippen molar-refractivity contribution in [3.63, 3.8) is 0 Å². The van der Waals surface area contributed by atoms with Gasteiger partial charge in [-0.05, 0) is 13.8 Å². The third kappa shape index (κ3) is 3.93. The number of rotatable bonds is 2. The smallest absolute Gasteiger partial charge is 0.323 e. The third-order valence-electron chi connectivity index (χ3n) is 0.835. The highest BCUT2D eigenvalue weighted by Crippen LogP contribution is 1.81. The SMILES string of the molecule is CC#CCOC(=O)C(C)N. The molecule has 0 saturated carbocycles. The average molecular weight is 141 g/mol. The van der Waals surface area contributed by atoms with Crippen molar-refractivity contribution in [2.75, 3.05) is 6.61 Å². The molecule has 0 aliphatic carbocycles. The van der Waals surface area contributed by atoms with Crippen LogP contribution in [-0.4, -0.2) is 18.6 Å². The standard InChI is InChI=1S/C7H11NO2/c1-3-4-5-10-7(9)6(2)8/h6H,5,8H2,1-2H3. The van der Waals surface area contributed by atoms with Crippen LogP contribution in [0.15, 0.2) is 0 Å². The first-order valence-electron chi connectivity index (χ1n) is 3.00. The molecule has 0 aromatic carbocycles. The molecule has 1 atom stereocenters. The largest absolute Gasteiger partial charge is 0.451 e. The summed E-state index contributed by atoms with van der Waals surface area (Å²) in [5.41, 5.74) is 5.20. The summed E-state index contributed by atoms with van der Waals surface area (Å²) in [5, 5.41) is 0. The van der Waals surface area contributed by atoms with E-state index < -0.39 is 12.0 Å². The van der Waals surface area contributed by atoms with Gasteiger partial charge in [-0.25, -0.2) is 0 Å². The first-order valence-corrected chi connectivity index (χ1v) is 3.00. The number of carbonyl (C=O) groups is 1. The van der Waals surface area contributed by atoms with E-state index in [1.165, 1.54) is 0 Å². The minimum absolute atomic E-state index is 0.136. The van der Waals surface area contributed by atoms with E-state index in [1.807, 2.05) is 0 Å². The topological polar surface area (TPSA) is 52.3 Å². The number of carbonyl (C=O) groups excluding carboxylic acids is 1. The molecular weight excluding hydrogens is 130 g/mol. The summed E-state index contributed by atoms with van der Waals surface area (Å²) >= 11 is 0. The second-order valence-corrected chi connectivity index (χ2v) is 1.82. The second-order valence-electron chi connectivity index (χ2n) is 1.82. The van der Waals surface area contributed by atoms with Crippen molar-refractivity contribution in [3.05, 3.63) is 0 Å². The van der Waals surface area contributed by atoms with E-state index >= 15 is 0 Å². The molecule has 56 valence electrons. The van der Waals surface area contributed by atoms with E-state index in [0.29, 0.717) is 0 Å². The van der Waals surface area contributed by atoms with Crippen LogP contribution in [0.3, 0.4) is 0 Å². The van der Waals surface area contributed by atoms with Crippen molar-refractivity contribution in [2.24, 2.45) is 5.73 Å². The van der Waals surface area contributed by atoms with Crippen LogP contribution in [0.2, 0.25) is 0 Å². The molecule has 0 aliphatic heterocycles. The highest BCUT2D eigenvalue weighted by molar-refractivity contribution is 5.75. The number of nitrogens with two attached hydrogens (primary N) is 1. The lowest BCUT2D eigenvalue weighted by Gasteiger charge is -2.01. The minimum atomic E-state index is -0.557. The van der Waals surface area contributed by atoms with E-state index in [-0.39, 0.29) is 6.61 Å². The van der Waals surface area contributed by atoms with Crippen LogP contribution in [0, 0.1) is 11.8 Å². The van der Waals surface area contributed by atoms with Crippen LogP contribution in [0.4, 0.5) is 0 Å². The zero-order valence-electron chi connectivity index (χ0n) is 6.18. The molecule has 0 amide bonds. The predicted octanol–water partition coefficient (Wildman–Crippen LogP) is -0.0999. The van der Waals surface area contributed by atoms with Gasteiger partial charge >= 0.3 is 5.97 Å². The molecule has 1 unspecified atom stereocenters. The maximum atomic E-state index is 10.6. The first-order chi connectivity index (χ1) is 4.68. The normalized spacial score (nSPS) is 11.1. The maximum Gasteiger partial charge on any atom is 0.323 e. The Bertz CT molecular complexity index is 164. The molecule has 3 nitrogen and oxygen atoms in total. The van der Waals surface area contributed by atoms with Gasteiger partial charge in [-0.2, -0.15) is 0 Å². The minimum Gasteiger partial charge on any atom is -0.451 e.